The van der Waals surface area contributed by atoms with Gasteiger partial charge in [0.15, 0.2) is 0 Å². The van der Waals surface area contributed by atoms with Gasteiger partial charge in [-0.3, -0.25) is 19.5 Å². The Morgan fingerprint density at radius 1 is 1.13 bits per heavy atom. The standard InChI is InChI=1S/C22H28N6O2/c1-26-8-4-17(5-9-26)27-12-15-10-16(14-27)20-3-2-18(22(30)28(20)13-15)25-21(29)19-11-23-6-7-24-19/h2-3,6-7,11,15-17H,4-5,8-10,12-14H2,1H3,(H,25,29)/t15-,16+/m0/s1. The van der Waals surface area contributed by atoms with Crippen molar-refractivity contribution in [1.29, 1.82) is 0 Å². The van der Waals surface area contributed by atoms with Crippen LogP contribution in [0.1, 0.15) is 41.4 Å². The minimum absolute atomic E-state index is 0.118. The highest BCUT2D eigenvalue weighted by Crippen LogP contribution is 2.37. The lowest BCUT2D eigenvalue weighted by Gasteiger charge is -2.47. The number of likely N-dealkylation sites (tertiary alicyclic amines) is 2. The average molecular weight is 409 g/mol. The Labute approximate surface area is 175 Å². The third-order valence-electron chi connectivity index (χ3n) is 6.88. The second kappa shape index (κ2) is 7.92. The number of hydrogen-bond donors (Lipinski definition) is 1. The lowest BCUT2D eigenvalue weighted by Crippen LogP contribution is -2.53. The van der Waals surface area contributed by atoms with Crippen molar-refractivity contribution in [3.8, 4) is 0 Å². The number of piperidine rings is 2. The molecule has 0 aromatic carbocycles. The zero-order valence-corrected chi connectivity index (χ0v) is 17.3. The number of carbonyl (C=O) groups is 1. The van der Waals surface area contributed by atoms with Gasteiger partial charge >= 0.3 is 0 Å². The zero-order chi connectivity index (χ0) is 20.7. The largest absolute Gasteiger partial charge is 0.316 e. The van der Waals surface area contributed by atoms with E-state index in [4.69, 9.17) is 0 Å². The summed E-state index contributed by atoms with van der Waals surface area (Å²) in [6, 6.07) is 4.43. The molecule has 2 aromatic heterocycles. The van der Waals surface area contributed by atoms with Crippen LogP contribution in [0.15, 0.2) is 35.5 Å². The Bertz CT molecular complexity index is 983. The van der Waals surface area contributed by atoms with Gasteiger partial charge in [0, 0.05) is 49.7 Å². The fourth-order valence-corrected chi connectivity index (χ4v) is 5.34. The van der Waals surface area contributed by atoms with E-state index in [1.807, 2.05) is 10.6 Å². The Balaban J connectivity index is 1.35. The first-order valence-electron chi connectivity index (χ1n) is 10.8. The van der Waals surface area contributed by atoms with Crippen molar-refractivity contribution in [3.63, 3.8) is 0 Å². The van der Waals surface area contributed by atoms with Crippen LogP contribution < -0.4 is 10.9 Å². The number of nitrogens with zero attached hydrogens (tertiary/aromatic N) is 5. The molecule has 0 unspecified atom stereocenters. The van der Waals surface area contributed by atoms with E-state index in [2.05, 4.69) is 32.1 Å². The van der Waals surface area contributed by atoms with Crippen molar-refractivity contribution in [1.82, 2.24) is 24.3 Å². The Morgan fingerprint density at radius 2 is 1.97 bits per heavy atom. The molecule has 0 spiro atoms. The van der Waals surface area contributed by atoms with Gasteiger partial charge in [0.25, 0.3) is 11.5 Å². The first kappa shape index (κ1) is 19.4. The van der Waals surface area contributed by atoms with E-state index in [1.54, 1.807) is 6.07 Å². The molecular weight excluding hydrogens is 380 g/mol. The van der Waals surface area contributed by atoms with Crippen molar-refractivity contribution < 1.29 is 4.79 Å². The highest BCUT2D eigenvalue weighted by molar-refractivity contribution is 6.02. The molecule has 30 heavy (non-hydrogen) atoms. The SMILES string of the molecule is CN1CCC(N2C[C@@H]3C[C@H](C2)c2ccc(NC(=O)c4cnccn4)c(=O)n2C3)CC1. The first-order chi connectivity index (χ1) is 14.6. The summed E-state index contributed by atoms with van der Waals surface area (Å²) in [4.78, 5) is 38.5. The van der Waals surface area contributed by atoms with E-state index in [9.17, 15) is 9.59 Å². The molecule has 3 aliphatic heterocycles. The maximum absolute atomic E-state index is 13.1. The molecule has 2 bridgehead atoms. The number of carbonyl (C=O) groups excluding carboxylic acids is 1. The highest BCUT2D eigenvalue weighted by Gasteiger charge is 2.37. The Morgan fingerprint density at radius 3 is 2.73 bits per heavy atom. The van der Waals surface area contributed by atoms with Crippen LogP contribution in [0.25, 0.3) is 0 Å². The molecule has 2 fully saturated rings. The minimum Gasteiger partial charge on any atom is -0.316 e. The van der Waals surface area contributed by atoms with Crippen LogP contribution in [0.2, 0.25) is 0 Å². The van der Waals surface area contributed by atoms with Crippen LogP contribution in [0.3, 0.4) is 0 Å². The third kappa shape index (κ3) is 3.65. The quantitative estimate of drug-likeness (QED) is 0.827. The third-order valence-corrected chi connectivity index (χ3v) is 6.88. The summed E-state index contributed by atoms with van der Waals surface area (Å²) in [7, 11) is 2.20. The number of anilines is 1. The molecule has 0 radical (unpaired) electrons. The number of fused-ring (bicyclic) bond motifs is 4. The van der Waals surface area contributed by atoms with Gasteiger partial charge in [-0.25, -0.2) is 4.98 Å². The number of nitrogens with one attached hydrogen (secondary N) is 1. The monoisotopic (exact) mass is 408 g/mol. The normalized spacial score (nSPS) is 25.0. The summed E-state index contributed by atoms with van der Waals surface area (Å²) in [6.07, 6.45) is 7.98. The summed E-state index contributed by atoms with van der Waals surface area (Å²) in [5.74, 6) is 0.458. The lowest BCUT2D eigenvalue weighted by molar-refractivity contribution is 0.0517. The van der Waals surface area contributed by atoms with Gasteiger partial charge in [0.2, 0.25) is 0 Å². The summed E-state index contributed by atoms with van der Waals surface area (Å²) < 4.78 is 1.89. The molecular formula is C22H28N6O2. The minimum atomic E-state index is -0.412. The molecule has 1 amide bonds. The molecule has 0 aliphatic carbocycles. The summed E-state index contributed by atoms with van der Waals surface area (Å²) in [5.41, 5.74) is 1.49. The Hall–Kier alpha value is -2.58. The van der Waals surface area contributed by atoms with Crippen molar-refractivity contribution in [2.24, 2.45) is 5.92 Å². The van der Waals surface area contributed by atoms with Gasteiger partial charge in [-0.05, 0) is 57.5 Å². The van der Waals surface area contributed by atoms with Gasteiger partial charge < -0.3 is 14.8 Å². The van der Waals surface area contributed by atoms with E-state index in [0.29, 0.717) is 23.6 Å². The predicted octanol–water partition coefficient (Wildman–Crippen LogP) is 1.40. The lowest BCUT2D eigenvalue weighted by atomic mass is 9.82. The predicted molar refractivity (Wildman–Crippen MR) is 114 cm³/mol. The second-order valence-electron chi connectivity index (χ2n) is 8.92. The topological polar surface area (TPSA) is 83.4 Å². The number of hydrogen-bond acceptors (Lipinski definition) is 6. The molecule has 8 heteroatoms. The summed E-state index contributed by atoms with van der Waals surface area (Å²) >= 11 is 0. The fourth-order valence-electron chi connectivity index (χ4n) is 5.34. The smallest absolute Gasteiger partial charge is 0.276 e. The second-order valence-corrected chi connectivity index (χ2v) is 8.92. The van der Waals surface area contributed by atoms with E-state index < -0.39 is 5.91 Å². The molecule has 5 heterocycles. The van der Waals surface area contributed by atoms with Crippen LogP contribution in [0.5, 0.6) is 0 Å². The summed E-state index contributed by atoms with van der Waals surface area (Å²) in [5, 5.41) is 2.72. The molecule has 1 N–H and O–H groups in total. The van der Waals surface area contributed by atoms with E-state index in [-0.39, 0.29) is 11.3 Å². The van der Waals surface area contributed by atoms with E-state index in [0.717, 1.165) is 31.7 Å². The fraction of sp³-hybridized carbons (Fsp3) is 0.545. The molecule has 0 saturated carbocycles. The van der Waals surface area contributed by atoms with Crippen molar-refractivity contribution >= 4 is 11.6 Å². The van der Waals surface area contributed by atoms with Gasteiger partial charge in [0.05, 0.1) is 6.20 Å². The highest BCUT2D eigenvalue weighted by atomic mass is 16.2. The van der Waals surface area contributed by atoms with Crippen LogP contribution in [-0.4, -0.2) is 69.5 Å². The number of rotatable bonds is 3. The zero-order valence-electron chi connectivity index (χ0n) is 17.3. The number of pyridine rings is 1. The van der Waals surface area contributed by atoms with E-state index >= 15 is 0 Å². The molecule has 2 aromatic rings. The van der Waals surface area contributed by atoms with Gasteiger partial charge in [-0.2, -0.15) is 0 Å². The van der Waals surface area contributed by atoms with Gasteiger partial charge in [-0.15, -0.1) is 0 Å². The van der Waals surface area contributed by atoms with E-state index in [1.165, 1.54) is 44.5 Å². The number of aromatic nitrogens is 3. The van der Waals surface area contributed by atoms with Gasteiger partial charge in [-0.1, -0.05) is 0 Å². The average Bonchev–Trinajstić information content (AvgIpc) is 2.77. The van der Waals surface area contributed by atoms with Crippen LogP contribution in [-0.2, 0) is 6.54 Å². The van der Waals surface area contributed by atoms with Crippen LogP contribution in [0, 0.1) is 5.92 Å². The Kier molecular flexibility index (Phi) is 5.12. The molecule has 5 rings (SSSR count). The maximum Gasteiger partial charge on any atom is 0.276 e. The van der Waals surface area contributed by atoms with Crippen molar-refractivity contribution in [2.45, 2.75) is 37.8 Å². The van der Waals surface area contributed by atoms with Crippen molar-refractivity contribution in [2.75, 3.05) is 38.5 Å². The maximum atomic E-state index is 13.1. The van der Waals surface area contributed by atoms with Crippen LogP contribution >= 0.6 is 0 Å². The molecule has 8 nitrogen and oxygen atoms in total. The molecule has 2 atom stereocenters. The van der Waals surface area contributed by atoms with Gasteiger partial charge in [0.1, 0.15) is 11.4 Å². The molecule has 2 saturated heterocycles. The number of amides is 1. The molecule has 3 aliphatic rings. The summed E-state index contributed by atoms with van der Waals surface area (Å²) in [6.45, 7) is 5.15. The van der Waals surface area contributed by atoms with Crippen molar-refractivity contribution in [3.05, 3.63) is 52.5 Å². The molecule has 158 valence electrons. The first-order valence-corrected chi connectivity index (χ1v) is 10.8. The van der Waals surface area contributed by atoms with Crippen LogP contribution in [0.4, 0.5) is 5.69 Å².